The van der Waals surface area contributed by atoms with Crippen LogP contribution in [0, 0.1) is 0 Å². The van der Waals surface area contributed by atoms with E-state index in [0.717, 1.165) is 134 Å². The third-order valence-electron chi connectivity index (χ3n) is 17.4. The van der Waals surface area contributed by atoms with Crippen LogP contribution in [0.1, 0.15) is 184 Å². The number of fused-ring (bicyclic) bond motifs is 2. The smallest absolute Gasteiger partial charge is 0.410 e. The van der Waals surface area contributed by atoms with Crippen LogP contribution < -0.4 is 37.6 Å². The largest absolute Gasteiger partial charge is 0.478 e. The zero-order valence-electron chi connectivity index (χ0n) is 66.7. The quantitative estimate of drug-likeness (QED) is 0.0295. The molecule has 0 saturated carbocycles. The molecule has 12 rings (SSSR count). The number of hydrogen-bond donors (Lipinski definition) is 9. The summed E-state index contributed by atoms with van der Waals surface area (Å²) in [6.07, 6.45) is 14.1. The van der Waals surface area contributed by atoms with Crippen LogP contribution in [0.25, 0.3) is 22.1 Å². The fourth-order valence-corrected chi connectivity index (χ4v) is 12.7. The van der Waals surface area contributed by atoms with E-state index in [1.54, 1.807) is 61.7 Å². The van der Waals surface area contributed by atoms with Gasteiger partial charge >= 0.3 is 36.3 Å². The molecule has 7 amide bonds. The van der Waals surface area contributed by atoms with Crippen molar-refractivity contribution in [3.05, 3.63) is 174 Å². The number of halogens is 1. The van der Waals surface area contributed by atoms with Crippen molar-refractivity contribution in [1.82, 2.24) is 55.2 Å². The van der Waals surface area contributed by atoms with Gasteiger partial charge in [0.25, 0.3) is 0 Å². The first kappa shape index (κ1) is 89.9. The van der Waals surface area contributed by atoms with E-state index in [1.165, 1.54) is 24.5 Å². The number of nitrogens with zero attached hydrogens (tertiary/aromatic N) is 9. The van der Waals surface area contributed by atoms with Gasteiger partial charge in [0.05, 0.1) is 16.3 Å². The SMILES string of the molecule is C=C=NC.CC.CC(C)(C)OC(=O)N1CCCC(c2cccc(C(=O)O)c2)C1.CC(C)(C)OC(=O)N1CCCC(c2cccc(N)c2)C1.CN.CNC(=O)Nc1cccc(C2CCCN(C(=O)OC(C)(C)C)C2)c1.CNC(=O)Nc1cccc(C2CCCN(c3ncnc4[nH]ccc34)C2)c1.Clc1ncnc2[nH]ccc12. The van der Waals surface area contributed by atoms with Gasteiger partial charge in [-0.05, 0) is 216 Å². The number of nitrogens with one attached hydrogen (secondary N) is 6. The summed E-state index contributed by atoms with van der Waals surface area (Å²) in [5, 5.41) is 22.3. The molecule has 4 atom stereocenters. The summed E-state index contributed by atoms with van der Waals surface area (Å²) < 4.78 is 16.3. The highest BCUT2D eigenvalue weighted by molar-refractivity contribution is 6.33. The van der Waals surface area contributed by atoms with E-state index in [-0.39, 0.29) is 47.7 Å². The van der Waals surface area contributed by atoms with Gasteiger partial charge in [-0.3, -0.25) is 0 Å². The minimum absolute atomic E-state index is 0.153. The summed E-state index contributed by atoms with van der Waals surface area (Å²) in [4.78, 5) is 104. The number of urea groups is 2. The van der Waals surface area contributed by atoms with Crippen LogP contribution in [0.15, 0.2) is 146 Å². The van der Waals surface area contributed by atoms with Crippen molar-refractivity contribution < 1.29 is 48.1 Å². The lowest BCUT2D eigenvalue weighted by atomic mass is 9.90. The van der Waals surface area contributed by atoms with E-state index in [4.69, 9.17) is 36.7 Å². The number of carboxylic acids is 1. The number of aromatic nitrogens is 6. The van der Waals surface area contributed by atoms with E-state index >= 15 is 0 Å². The van der Waals surface area contributed by atoms with E-state index in [9.17, 15) is 28.8 Å². The Kier molecular flexibility index (Phi) is 36.5. The molecule has 110 heavy (non-hydrogen) atoms. The molecule has 4 unspecified atom stereocenters. The zero-order valence-corrected chi connectivity index (χ0v) is 67.5. The molecule has 0 radical (unpaired) electrons. The first-order valence-corrected chi connectivity index (χ1v) is 37.8. The van der Waals surface area contributed by atoms with Gasteiger partial charge in [-0.15, -0.1) is 0 Å². The highest BCUT2D eigenvalue weighted by atomic mass is 35.5. The Bertz CT molecular complexity index is 4260. The van der Waals surface area contributed by atoms with Crippen molar-refractivity contribution >= 4 is 98.7 Å². The molecule has 596 valence electrons. The summed E-state index contributed by atoms with van der Waals surface area (Å²) in [5.41, 5.74) is 17.7. The van der Waals surface area contributed by atoms with Gasteiger partial charge < -0.3 is 81.6 Å². The van der Waals surface area contributed by atoms with Gasteiger partial charge in [0.1, 0.15) is 51.7 Å². The standard InChI is InChI=1S/C19H22N6O.C18H27N3O3.C17H23NO4.C16H24N2O2.C6H4ClN3.C3H5N.C2H6.CH5N/c1-20-19(26)24-15-6-2-4-13(10-15)14-5-3-9-25(11-14)18-16-7-8-21-17(16)22-12-23-18;1-18(2,3)24-17(23)21-10-6-8-14(12-21)13-7-5-9-15(11-13)20-16(22)19-4;1-17(2,3)22-16(21)18-9-5-8-14(11-18)12-6-4-7-13(10-12)15(19)20;1-16(2,3)20-15(19)18-9-5-7-13(11-18)12-6-4-8-14(17)10-12;7-5-4-1-2-8-6(4)10-3-9-5;1-3-4-2;2*1-2/h2,4,6-8,10,12,14H,3,5,9,11H2,1H3,(H2,20,24,26)(H,21,22,23);5,7,9,11,14H,6,8,10,12H2,1-4H3,(H2,19,20,22);4,6-7,10,14H,5,8-9,11H2,1-3H3,(H,19,20);4,6,8,10,13H,5,7,9,11,17H2,1-3H3;1-3H,(H,8,9,10);1H2,2H3;1-2H3;2H2,1H3. The van der Waals surface area contributed by atoms with Crippen molar-refractivity contribution in [2.24, 2.45) is 10.7 Å². The highest BCUT2D eigenvalue weighted by Gasteiger charge is 2.32. The first-order valence-electron chi connectivity index (χ1n) is 37.4. The topological polar surface area (TPSA) is 359 Å². The Labute approximate surface area is 653 Å². The lowest BCUT2D eigenvalue weighted by molar-refractivity contribution is 0.0188. The van der Waals surface area contributed by atoms with Gasteiger partial charge in [-0.2, -0.15) is 0 Å². The van der Waals surface area contributed by atoms with Crippen LogP contribution >= 0.6 is 11.6 Å². The van der Waals surface area contributed by atoms with Crippen molar-refractivity contribution in [1.29, 1.82) is 0 Å². The van der Waals surface area contributed by atoms with Crippen molar-refractivity contribution in [3.63, 3.8) is 0 Å². The Morgan fingerprint density at radius 2 is 0.918 bits per heavy atom. The van der Waals surface area contributed by atoms with Crippen LogP contribution in [-0.2, 0) is 14.2 Å². The third-order valence-corrected chi connectivity index (χ3v) is 17.7. The molecule has 0 aliphatic carbocycles. The highest BCUT2D eigenvalue weighted by Crippen LogP contribution is 2.35. The molecular weight excluding hydrogens is 1420 g/mol. The van der Waals surface area contributed by atoms with Crippen molar-refractivity contribution in [3.8, 4) is 0 Å². The van der Waals surface area contributed by atoms with E-state index in [1.807, 2.05) is 160 Å². The number of aromatic amines is 2. The van der Waals surface area contributed by atoms with Crippen LogP contribution in [-0.4, -0.2) is 189 Å². The molecule has 8 heterocycles. The number of carbonyl (C=O) groups excluding carboxylic acids is 5. The molecule has 0 bridgehead atoms. The van der Waals surface area contributed by atoms with Gasteiger partial charge in [0, 0.05) is 127 Å². The lowest BCUT2D eigenvalue weighted by Crippen LogP contribution is -2.42. The van der Waals surface area contributed by atoms with Crippen molar-refractivity contribution in [2.45, 2.75) is 168 Å². The second-order valence-corrected chi connectivity index (χ2v) is 29.4. The molecule has 28 heteroatoms. The number of nitrogen functional groups attached to an aromatic ring is 1. The van der Waals surface area contributed by atoms with Gasteiger partial charge in [-0.25, -0.2) is 53.7 Å². The van der Waals surface area contributed by atoms with Gasteiger partial charge in [0.2, 0.25) is 0 Å². The average Bonchev–Trinajstić information content (AvgIpc) is 1.60. The molecule has 4 aromatic carbocycles. The molecule has 4 fully saturated rings. The number of aliphatic imine (C=N–C) groups is 1. The Hall–Kier alpha value is -10.8. The number of carbonyl (C=O) groups is 6. The van der Waals surface area contributed by atoms with Crippen LogP contribution in [0.2, 0.25) is 5.15 Å². The molecular formula is C82H116ClN17O10. The van der Waals surface area contributed by atoms with E-state index in [2.05, 4.69) is 97.4 Å². The zero-order chi connectivity index (χ0) is 81.1. The second kappa shape index (κ2) is 44.6. The number of amides is 7. The summed E-state index contributed by atoms with van der Waals surface area (Å²) in [6.45, 7) is 30.0. The maximum absolute atomic E-state index is 12.3. The summed E-state index contributed by atoms with van der Waals surface area (Å²) in [7, 11) is 6.33. The van der Waals surface area contributed by atoms with Crippen molar-refractivity contribution in [2.75, 3.05) is 102 Å². The van der Waals surface area contributed by atoms with Crippen LogP contribution in [0.4, 0.5) is 46.9 Å². The number of carboxylic acid groups (broad SMARTS) is 1. The minimum Gasteiger partial charge on any atom is -0.478 e. The molecule has 0 spiro atoms. The number of piperidine rings is 4. The number of H-pyrrole nitrogens is 2. The number of rotatable bonds is 8. The van der Waals surface area contributed by atoms with Gasteiger partial charge in [0.15, 0.2) is 0 Å². The van der Waals surface area contributed by atoms with E-state index < -0.39 is 22.8 Å². The maximum Gasteiger partial charge on any atom is 0.410 e. The second-order valence-electron chi connectivity index (χ2n) is 29.1. The predicted molar refractivity (Wildman–Crippen MR) is 440 cm³/mol. The first-order chi connectivity index (χ1) is 52.4. The molecule has 27 nitrogen and oxygen atoms in total. The Morgan fingerprint density at radius 1 is 0.545 bits per heavy atom. The average molecular weight is 1540 g/mol. The lowest BCUT2D eigenvalue weighted by Gasteiger charge is -2.34. The number of aromatic carboxylic acids is 1. The Balaban J connectivity index is 0.000000245. The van der Waals surface area contributed by atoms with Crippen LogP contribution in [0.3, 0.4) is 0 Å². The fraction of sp³-hybridized carbons (Fsp3) is 0.463. The molecule has 11 N–H and O–H groups in total. The van der Waals surface area contributed by atoms with E-state index in [0.29, 0.717) is 43.2 Å². The summed E-state index contributed by atoms with van der Waals surface area (Å²) in [6, 6.07) is 34.2. The van der Waals surface area contributed by atoms with Gasteiger partial charge in [-0.1, -0.05) is 74.0 Å². The molecule has 8 aromatic rings. The number of ether oxygens (including phenoxy) is 3. The summed E-state index contributed by atoms with van der Waals surface area (Å²) in [5.74, 6) is 3.51. The maximum atomic E-state index is 12.3. The molecule has 4 aliphatic rings. The number of likely N-dealkylation sites (tertiary alicyclic amines) is 3. The summed E-state index contributed by atoms with van der Waals surface area (Å²) >= 11 is 5.73. The number of nitrogens with two attached hydrogens (primary N) is 2. The fourth-order valence-electron chi connectivity index (χ4n) is 12.5. The number of hydrogen-bond acceptors (Lipinski definition) is 17. The molecule has 4 aliphatic heterocycles. The van der Waals surface area contributed by atoms with Crippen LogP contribution in [0.5, 0.6) is 0 Å². The normalized spacial score (nSPS) is 16.6. The third kappa shape index (κ3) is 30.0. The minimum atomic E-state index is -0.929. The molecule has 4 aromatic heterocycles. The number of benzene rings is 4. The monoisotopic (exact) mass is 1530 g/mol. The Morgan fingerprint density at radius 3 is 1.32 bits per heavy atom. The predicted octanol–water partition coefficient (Wildman–Crippen LogP) is 16.2. The molecule has 4 saturated heterocycles. The number of anilines is 4.